The van der Waals surface area contributed by atoms with Crippen molar-refractivity contribution in [3.63, 3.8) is 0 Å². The highest BCUT2D eigenvalue weighted by molar-refractivity contribution is 5.21. The molecule has 2 heteroatoms. The molecule has 1 saturated carbocycles. The molecule has 2 aromatic rings. The highest BCUT2D eigenvalue weighted by Crippen LogP contribution is 2.37. The quantitative estimate of drug-likeness (QED) is 0.544. The second-order valence-electron chi connectivity index (χ2n) is 8.26. The van der Waals surface area contributed by atoms with Gasteiger partial charge in [-0.2, -0.15) is 0 Å². The summed E-state index contributed by atoms with van der Waals surface area (Å²) in [4.78, 5) is 0. The van der Waals surface area contributed by atoms with E-state index < -0.39 is 0 Å². The number of benzene rings is 2. The van der Waals surface area contributed by atoms with Crippen LogP contribution in [0.1, 0.15) is 69.9 Å². The van der Waals surface area contributed by atoms with E-state index in [0.717, 1.165) is 24.9 Å². The highest BCUT2D eigenvalue weighted by atomic mass is 19.1. The third-order valence-corrected chi connectivity index (χ3v) is 5.48. The molecule has 1 fully saturated rings. The summed E-state index contributed by atoms with van der Waals surface area (Å²) in [6.45, 7) is 8.93. The van der Waals surface area contributed by atoms with Crippen molar-refractivity contribution in [2.75, 3.05) is 6.54 Å². The Kier molecular flexibility index (Phi) is 9.55. The molecule has 0 saturated heterocycles. The van der Waals surface area contributed by atoms with Crippen LogP contribution in [0.3, 0.4) is 0 Å². The zero-order valence-corrected chi connectivity index (χ0v) is 17.3. The van der Waals surface area contributed by atoms with Crippen LogP contribution in [0.15, 0.2) is 54.6 Å². The summed E-state index contributed by atoms with van der Waals surface area (Å²) in [7, 11) is 0. The van der Waals surface area contributed by atoms with Gasteiger partial charge in [0.2, 0.25) is 0 Å². The minimum absolute atomic E-state index is 0.128. The third kappa shape index (κ3) is 8.26. The fourth-order valence-electron chi connectivity index (χ4n) is 3.74. The average Bonchev–Trinajstić information content (AvgIpc) is 2.68. The molecule has 0 bridgehead atoms. The Labute approximate surface area is 165 Å². The summed E-state index contributed by atoms with van der Waals surface area (Å²) >= 11 is 0. The van der Waals surface area contributed by atoms with E-state index in [0.29, 0.717) is 5.92 Å². The summed E-state index contributed by atoms with van der Waals surface area (Å²) in [6, 6.07) is 17.6. The van der Waals surface area contributed by atoms with Gasteiger partial charge in [-0.1, -0.05) is 82.5 Å². The lowest BCUT2D eigenvalue weighted by Crippen LogP contribution is -2.16. The van der Waals surface area contributed by atoms with E-state index in [-0.39, 0.29) is 5.82 Å². The number of nitrogens with one attached hydrogen (secondary N) is 1. The maximum atomic E-state index is 12.8. The first-order chi connectivity index (χ1) is 13.1. The molecule has 0 spiro atoms. The van der Waals surface area contributed by atoms with Crippen molar-refractivity contribution in [2.24, 2.45) is 11.8 Å². The first-order valence-corrected chi connectivity index (χ1v) is 10.6. The third-order valence-electron chi connectivity index (χ3n) is 5.48. The smallest absolute Gasteiger partial charge is 0.123 e. The minimum Gasteiger partial charge on any atom is -0.313 e. The van der Waals surface area contributed by atoms with Crippen LogP contribution in [-0.2, 0) is 6.54 Å². The molecule has 1 aliphatic rings. The van der Waals surface area contributed by atoms with Gasteiger partial charge in [0.05, 0.1) is 0 Å². The molecule has 148 valence electrons. The van der Waals surface area contributed by atoms with E-state index in [1.54, 1.807) is 12.1 Å². The van der Waals surface area contributed by atoms with Crippen molar-refractivity contribution in [3.05, 3.63) is 71.5 Å². The van der Waals surface area contributed by atoms with Gasteiger partial charge < -0.3 is 5.32 Å². The maximum absolute atomic E-state index is 12.8. The number of halogens is 1. The molecular weight excluding hydrogens is 333 g/mol. The van der Waals surface area contributed by atoms with Gasteiger partial charge >= 0.3 is 0 Å². The van der Waals surface area contributed by atoms with Gasteiger partial charge in [-0.25, -0.2) is 4.39 Å². The second kappa shape index (κ2) is 11.9. The molecule has 2 atom stereocenters. The van der Waals surface area contributed by atoms with Crippen LogP contribution in [0.5, 0.6) is 0 Å². The maximum Gasteiger partial charge on any atom is 0.123 e. The number of hydrogen-bond donors (Lipinski definition) is 1. The van der Waals surface area contributed by atoms with Crippen molar-refractivity contribution >= 4 is 0 Å². The lowest BCUT2D eigenvalue weighted by atomic mass is 9.76. The van der Waals surface area contributed by atoms with Crippen LogP contribution >= 0.6 is 0 Å². The topological polar surface area (TPSA) is 12.0 Å². The monoisotopic (exact) mass is 369 g/mol. The summed E-state index contributed by atoms with van der Waals surface area (Å²) in [5, 5.41) is 3.43. The van der Waals surface area contributed by atoms with Gasteiger partial charge in [0.1, 0.15) is 5.82 Å². The lowest BCUT2D eigenvalue weighted by molar-refractivity contribution is 0.330. The Morgan fingerprint density at radius 2 is 1.63 bits per heavy atom. The van der Waals surface area contributed by atoms with Gasteiger partial charge in [0.15, 0.2) is 0 Å². The Morgan fingerprint density at radius 3 is 2.26 bits per heavy atom. The molecule has 1 nitrogen and oxygen atoms in total. The fraction of sp³-hybridized carbons (Fsp3) is 0.520. The Hall–Kier alpha value is -1.67. The lowest BCUT2D eigenvalue weighted by Gasteiger charge is -2.29. The Balaban J connectivity index is 0.000000194. The molecule has 0 radical (unpaired) electrons. The predicted molar refractivity (Wildman–Crippen MR) is 114 cm³/mol. The number of hydrogen-bond acceptors (Lipinski definition) is 1. The van der Waals surface area contributed by atoms with E-state index in [9.17, 15) is 4.39 Å². The molecular formula is C25H36FN. The molecule has 3 rings (SSSR count). The SMILES string of the molecule is CC(C)CCNCc1ccccc1.C[C@H]1CCCCC1c1ccc(F)cc1. The summed E-state index contributed by atoms with van der Waals surface area (Å²) in [6.07, 6.45) is 6.53. The van der Waals surface area contributed by atoms with Gasteiger partial charge in [-0.05, 0) is 60.4 Å². The molecule has 2 aromatic carbocycles. The van der Waals surface area contributed by atoms with Crippen LogP contribution in [0.2, 0.25) is 0 Å². The first-order valence-electron chi connectivity index (χ1n) is 10.6. The van der Waals surface area contributed by atoms with Gasteiger partial charge in [-0.15, -0.1) is 0 Å². The molecule has 1 unspecified atom stereocenters. The highest BCUT2D eigenvalue weighted by Gasteiger charge is 2.22. The van der Waals surface area contributed by atoms with Crippen molar-refractivity contribution in [1.82, 2.24) is 5.32 Å². The molecule has 0 amide bonds. The van der Waals surface area contributed by atoms with Gasteiger partial charge in [0, 0.05) is 6.54 Å². The van der Waals surface area contributed by atoms with E-state index in [4.69, 9.17) is 0 Å². The van der Waals surface area contributed by atoms with Crippen LogP contribution in [-0.4, -0.2) is 6.54 Å². The normalized spacial score (nSPS) is 19.4. The van der Waals surface area contributed by atoms with Crippen molar-refractivity contribution in [1.29, 1.82) is 0 Å². The largest absolute Gasteiger partial charge is 0.313 e. The molecule has 0 heterocycles. The zero-order chi connectivity index (χ0) is 19.5. The zero-order valence-electron chi connectivity index (χ0n) is 17.3. The van der Waals surface area contributed by atoms with E-state index in [2.05, 4.69) is 56.4 Å². The van der Waals surface area contributed by atoms with Crippen molar-refractivity contribution in [3.8, 4) is 0 Å². The first kappa shape index (κ1) is 21.6. The molecule has 1 N–H and O–H groups in total. The Morgan fingerprint density at radius 1 is 0.963 bits per heavy atom. The molecule has 27 heavy (non-hydrogen) atoms. The predicted octanol–water partition coefficient (Wildman–Crippen LogP) is 6.94. The van der Waals surface area contributed by atoms with E-state index >= 15 is 0 Å². The van der Waals surface area contributed by atoms with Crippen LogP contribution in [0.4, 0.5) is 4.39 Å². The Bertz CT molecular complexity index is 621. The summed E-state index contributed by atoms with van der Waals surface area (Å²) in [5.41, 5.74) is 2.69. The number of rotatable bonds is 6. The standard InChI is InChI=1S/C13H17F.C12H19N/c1-10-4-2-3-5-13(10)11-6-8-12(14)9-7-11;1-11(2)8-9-13-10-12-6-4-3-5-7-12/h6-10,13H,2-5H2,1H3;3-7,11,13H,8-10H2,1-2H3/t10-,13?;/m0./s1. The van der Waals surface area contributed by atoms with Crippen molar-refractivity contribution in [2.45, 2.75) is 65.3 Å². The van der Waals surface area contributed by atoms with Crippen LogP contribution in [0, 0.1) is 17.7 Å². The van der Waals surface area contributed by atoms with Crippen molar-refractivity contribution < 1.29 is 4.39 Å². The van der Waals surface area contributed by atoms with Crippen LogP contribution in [0.25, 0.3) is 0 Å². The fourth-order valence-corrected chi connectivity index (χ4v) is 3.74. The average molecular weight is 370 g/mol. The van der Waals surface area contributed by atoms with Crippen LogP contribution < -0.4 is 5.32 Å². The molecule has 1 aliphatic carbocycles. The van der Waals surface area contributed by atoms with E-state index in [1.807, 2.05) is 12.1 Å². The van der Waals surface area contributed by atoms with Gasteiger partial charge in [-0.3, -0.25) is 0 Å². The molecule has 0 aromatic heterocycles. The van der Waals surface area contributed by atoms with Gasteiger partial charge in [0.25, 0.3) is 0 Å². The van der Waals surface area contributed by atoms with E-state index in [1.165, 1.54) is 43.2 Å². The minimum atomic E-state index is -0.128. The second-order valence-corrected chi connectivity index (χ2v) is 8.26. The summed E-state index contributed by atoms with van der Waals surface area (Å²) in [5.74, 6) is 2.08. The molecule has 0 aliphatic heterocycles. The summed E-state index contributed by atoms with van der Waals surface area (Å²) < 4.78 is 12.8.